The Hall–Kier alpha value is -3.16. The standard InChI is InChI=1S/C17H19N5O3/c1-19(9-12-7-5-4-6-8-12)13(23)10-22-11-18-15-14(22)16(24)21(3)17(25)20(15)2/h4-8,11H,9-10H2,1-3H3. The van der Waals surface area contributed by atoms with Gasteiger partial charge in [-0.05, 0) is 5.56 Å². The maximum atomic E-state index is 12.5. The normalized spacial score (nSPS) is 11.0. The van der Waals surface area contributed by atoms with Crippen LogP contribution in [0.5, 0.6) is 0 Å². The highest BCUT2D eigenvalue weighted by atomic mass is 16.2. The number of imidazole rings is 1. The number of hydrogen-bond acceptors (Lipinski definition) is 4. The number of fused-ring (bicyclic) bond motifs is 1. The molecule has 2 heterocycles. The summed E-state index contributed by atoms with van der Waals surface area (Å²) in [6, 6.07) is 9.65. The van der Waals surface area contributed by atoms with Crippen LogP contribution in [0, 0.1) is 0 Å². The summed E-state index contributed by atoms with van der Waals surface area (Å²) in [7, 11) is 4.66. The molecule has 25 heavy (non-hydrogen) atoms. The maximum Gasteiger partial charge on any atom is 0.332 e. The second kappa shape index (κ2) is 6.39. The van der Waals surface area contributed by atoms with Crippen LogP contribution in [0.3, 0.4) is 0 Å². The molecule has 1 aromatic carbocycles. The molecule has 0 fully saturated rings. The third kappa shape index (κ3) is 2.98. The number of nitrogens with zero attached hydrogens (tertiary/aromatic N) is 5. The zero-order valence-corrected chi connectivity index (χ0v) is 14.3. The SMILES string of the molecule is CN(Cc1ccccc1)C(=O)Cn1cnc2c1c(=O)n(C)c(=O)n2C. The van der Waals surface area contributed by atoms with Crippen LogP contribution >= 0.6 is 0 Å². The molecule has 0 N–H and O–H groups in total. The maximum absolute atomic E-state index is 12.5. The van der Waals surface area contributed by atoms with Gasteiger partial charge in [0.2, 0.25) is 5.91 Å². The molecule has 0 spiro atoms. The number of aryl methyl sites for hydroxylation is 1. The first-order valence-corrected chi connectivity index (χ1v) is 7.79. The van der Waals surface area contributed by atoms with Gasteiger partial charge in [-0.1, -0.05) is 30.3 Å². The fourth-order valence-electron chi connectivity index (χ4n) is 2.73. The summed E-state index contributed by atoms with van der Waals surface area (Å²) in [6.07, 6.45) is 1.42. The first-order chi connectivity index (χ1) is 11.9. The van der Waals surface area contributed by atoms with Crippen LogP contribution in [0.15, 0.2) is 46.2 Å². The molecular formula is C17H19N5O3. The third-order valence-electron chi connectivity index (χ3n) is 4.21. The minimum absolute atomic E-state index is 0.0206. The summed E-state index contributed by atoms with van der Waals surface area (Å²) in [4.78, 5) is 42.6. The van der Waals surface area contributed by atoms with E-state index < -0.39 is 11.2 Å². The lowest BCUT2D eigenvalue weighted by atomic mass is 10.2. The van der Waals surface area contributed by atoms with Gasteiger partial charge in [0.1, 0.15) is 6.54 Å². The fourth-order valence-corrected chi connectivity index (χ4v) is 2.73. The molecule has 8 heteroatoms. The van der Waals surface area contributed by atoms with Gasteiger partial charge < -0.3 is 9.47 Å². The van der Waals surface area contributed by atoms with Crippen molar-refractivity contribution in [3.05, 3.63) is 63.1 Å². The van der Waals surface area contributed by atoms with Gasteiger partial charge in [0, 0.05) is 27.7 Å². The van der Waals surface area contributed by atoms with Crippen LogP contribution in [-0.4, -0.2) is 36.5 Å². The molecule has 0 atom stereocenters. The molecule has 1 amide bonds. The van der Waals surface area contributed by atoms with E-state index in [4.69, 9.17) is 0 Å². The number of carbonyl (C=O) groups excluding carboxylic acids is 1. The van der Waals surface area contributed by atoms with Crippen molar-refractivity contribution in [1.82, 2.24) is 23.6 Å². The van der Waals surface area contributed by atoms with Gasteiger partial charge in [-0.15, -0.1) is 0 Å². The summed E-state index contributed by atoms with van der Waals surface area (Å²) >= 11 is 0. The molecular weight excluding hydrogens is 322 g/mol. The third-order valence-corrected chi connectivity index (χ3v) is 4.21. The Bertz CT molecular complexity index is 1050. The molecule has 3 rings (SSSR count). The van der Waals surface area contributed by atoms with Crippen molar-refractivity contribution in [3.8, 4) is 0 Å². The molecule has 0 aliphatic rings. The van der Waals surface area contributed by atoms with Crippen molar-refractivity contribution < 1.29 is 4.79 Å². The van der Waals surface area contributed by atoms with E-state index in [2.05, 4.69) is 4.98 Å². The molecule has 8 nitrogen and oxygen atoms in total. The number of hydrogen-bond donors (Lipinski definition) is 0. The average Bonchev–Trinajstić information content (AvgIpc) is 3.02. The summed E-state index contributed by atoms with van der Waals surface area (Å²) in [5, 5.41) is 0. The van der Waals surface area contributed by atoms with Crippen molar-refractivity contribution in [2.75, 3.05) is 7.05 Å². The summed E-state index contributed by atoms with van der Waals surface area (Å²) in [5.41, 5.74) is 0.620. The molecule has 0 unspecified atom stereocenters. The van der Waals surface area contributed by atoms with Crippen molar-refractivity contribution in [2.24, 2.45) is 14.1 Å². The average molecular weight is 341 g/mol. The van der Waals surface area contributed by atoms with Crippen molar-refractivity contribution >= 4 is 17.1 Å². The van der Waals surface area contributed by atoms with E-state index in [1.165, 1.54) is 22.5 Å². The molecule has 130 valence electrons. The monoisotopic (exact) mass is 341 g/mol. The van der Waals surface area contributed by atoms with Crippen LogP contribution in [0.2, 0.25) is 0 Å². The van der Waals surface area contributed by atoms with E-state index in [1.807, 2.05) is 30.3 Å². The zero-order chi connectivity index (χ0) is 18.1. The Morgan fingerprint density at radius 3 is 2.48 bits per heavy atom. The topological polar surface area (TPSA) is 82.1 Å². The van der Waals surface area contributed by atoms with Crippen LogP contribution < -0.4 is 11.2 Å². The van der Waals surface area contributed by atoms with Gasteiger partial charge in [-0.3, -0.25) is 18.7 Å². The number of rotatable bonds is 4. The van der Waals surface area contributed by atoms with Crippen molar-refractivity contribution in [2.45, 2.75) is 13.1 Å². The number of aromatic nitrogens is 4. The molecule has 0 aliphatic carbocycles. The summed E-state index contributed by atoms with van der Waals surface area (Å²) < 4.78 is 3.80. The lowest BCUT2D eigenvalue weighted by molar-refractivity contribution is -0.131. The molecule has 0 bridgehead atoms. The lowest BCUT2D eigenvalue weighted by Gasteiger charge is -2.17. The number of likely N-dealkylation sites (N-methyl/N-ethyl adjacent to an activating group) is 1. The highest BCUT2D eigenvalue weighted by Crippen LogP contribution is 2.08. The van der Waals surface area contributed by atoms with Crippen LogP contribution in [0.4, 0.5) is 0 Å². The molecule has 0 saturated carbocycles. The van der Waals surface area contributed by atoms with Crippen LogP contribution in [0.25, 0.3) is 11.2 Å². The Morgan fingerprint density at radius 1 is 1.12 bits per heavy atom. The Morgan fingerprint density at radius 2 is 1.80 bits per heavy atom. The van der Waals surface area contributed by atoms with Gasteiger partial charge >= 0.3 is 5.69 Å². The highest BCUT2D eigenvalue weighted by Gasteiger charge is 2.17. The fraction of sp³-hybridized carbons (Fsp3) is 0.294. The van der Waals surface area contributed by atoms with E-state index in [0.29, 0.717) is 6.54 Å². The van der Waals surface area contributed by atoms with E-state index in [1.54, 1.807) is 19.0 Å². The van der Waals surface area contributed by atoms with Gasteiger partial charge in [0.05, 0.1) is 6.33 Å². The van der Waals surface area contributed by atoms with Crippen molar-refractivity contribution in [3.63, 3.8) is 0 Å². The largest absolute Gasteiger partial charge is 0.340 e. The van der Waals surface area contributed by atoms with Gasteiger partial charge in [0.15, 0.2) is 11.2 Å². The first kappa shape index (κ1) is 16.7. The van der Waals surface area contributed by atoms with Crippen LogP contribution in [-0.2, 0) is 32.0 Å². The van der Waals surface area contributed by atoms with Crippen LogP contribution in [0.1, 0.15) is 5.56 Å². The number of benzene rings is 1. The zero-order valence-electron chi connectivity index (χ0n) is 14.3. The van der Waals surface area contributed by atoms with E-state index >= 15 is 0 Å². The lowest BCUT2D eigenvalue weighted by Crippen LogP contribution is -2.38. The molecule has 0 aliphatic heterocycles. The highest BCUT2D eigenvalue weighted by molar-refractivity contribution is 5.78. The van der Waals surface area contributed by atoms with E-state index in [9.17, 15) is 14.4 Å². The van der Waals surface area contributed by atoms with Gasteiger partial charge in [-0.2, -0.15) is 0 Å². The second-order valence-corrected chi connectivity index (χ2v) is 5.99. The Balaban J connectivity index is 1.89. The van der Waals surface area contributed by atoms with E-state index in [-0.39, 0.29) is 23.6 Å². The number of amides is 1. The Kier molecular flexibility index (Phi) is 4.26. The molecule has 0 radical (unpaired) electrons. The molecule has 0 saturated heterocycles. The predicted molar refractivity (Wildman–Crippen MR) is 93.1 cm³/mol. The predicted octanol–water partition coefficient (Wildman–Crippen LogP) is 0.0923. The molecule has 3 aromatic rings. The smallest absolute Gasteiger partial charge is 0.332 e. The van der Waals surface area contributed by atoms with E-state index in [0.717, 1.165) is 10.1 Å². The number of carbonyl (C=O) groups is 1. The molecule has 2 aromatic heterocycles. The summed E-state index contributed by atoms with van der Waals surface area (Å²) in [6.45, 7) is 0.454. The Labute approximate surface area is 143 Å². The summed E-state index contributed by atoms with van der Waals surface area (Å²) in [5.74, 6) is -0.154. The van der Waals surface area contributed by atoms with Crippen molar-refractivity contribution in [1.29, 1.82) is 0 Å². The van der Waals surface area contributed by atoms with Gasteiger partial charge in [-0.25, -0.2) is 9.78 Å². The minimum Gasteiger partial charge on any atom is -0.340 e. The quantitative estimate of drug-likeness (QED) is 0.674. The minimum atomic E-state index is -0.464. The first-order valence-electron chi connectivity index (χ1n) is 7.79. The van der Waals surface area contributed by atoms with Gasteiger partial charge in [0.25, 0.3) is 5.56 Å². The second-order valence-electron chi connectivity index (χ2n) is 5.99.